The second-order valence-corrected chi connectivity index (χ2v) is 18.4. The Morgan fingerprint density at radius 1 is 0.355 bits per heavy atom. The highest BCUT2D eigenvalue weighted by Crippen LogP contribution is 2.48. The van der Waals surface area contributed by atoms with Crippen molar-refractivity contribution in [3.05, 3.63) is 187 Å². The predicted molar refractivity (Wildman–Crippen MR) is 258 cm³/mol. The van der Waals surface area contributed by atoms with E-state index in [9.17, 15) is 0 Å². The van der Waals surface area contributed by atoms with Gasteiger partial charge in [0, 0.05) is 49.6 Å². The maximum Gasteiger partial charge on any atom is 0.164 e. The van der Waals surface area contributed by atoms with Crippen LogP contribution in [-0.4, -0.2) is 24.1 Å². The maximum atomic E-state index is 5.31. The summed E-state index contributed by atoms with van der Waals surface area (Å²) in [4.78, 5) is 15.8. The average molecular weight is 800 g/mol. The van der Waals surface area contributed by atoms with Gasteiger partial charge in [-0.1, -0.05) is 143 Å². The Hall–Kier alpha value is -7.37. The summed E-state index contributed by atoms with van der Waals surface area (Å²) in [5, 5.41) is 7.33. The zero-order valence-electron chi connectivity index (χ0n) is 35.4. The van der Waals surface area contributed by atoms with E-state index in [1.54, 1.807) is 0 Å². The van der Waals surface area contributed by atoms with Crippen LogP contribution >= 0.6 is 0 Å². The van der Waals surface area contributed by atoms with Gasteiger partial charge in [-0.3, -0.25) is 0 Å². The molecule has 0 aliphatic heterocycles. The van der Waals surface area contributed by atoms with Crippen LogP contribution in [0.5, 0.6) is 0 Å². The topological polar surface area (TPSA) is 48.5 Å². The van der Waals surface area contributed by atoms with Crippen molar-refractivity contribution in [2.75, 3.05) is 0 Å². The number of hydrogen-bond acceptors (Lipinski definition) is 3. The molecule has 0 spiro atoms. The molecule has 0 radical (unpaired) electrons. The molecule has 0 fully saturated rings. The van der Waals surface area contributed by atoms with Crippen molar-refractivity contribution < 1.29 is 0 Å². The third kappa shape index (κ3) is 5.72. The van der Waals surface area contributed by atoms with E-state index in [-0.39, 0.29) is 10.8 Å². The van der Waals surface area contributed by atoms with Crippen LogP contribution in [0.25, 0.3) is 99.9 Å². The SMILES string of the molecule is CC1(C)CCC(C)(C)c2cc3c(cc21)c1ccccc1n3-c1cccc(-c2nc(-c3cccc(-n4c5ccccc5c5ccccc54)c3)nc(-c3ccc4ccccc4c3)n2)c1. The zero-order chi connectivity index (χ0) is 41.7. The molecule has 5 heteroatoms. The molecule has 12 rings (SSSR count). The molecular weight excluding hydrogens is 755 g/mol. The molecule has 5 nitrogen and oxygen atoms in total. The number of nitrogens with zero attached hydrogens (tertiary/aromatic N) is 5. The van der Waals surface area contributed by atoms with Crippen LogP contribution in [0, 0.1) is 0 Å². The predicted octanol–water partition coefficient (Wildman–Crippen LogP) is 14.6. The van der Waals surface area contributed by atoms with Crippen molar-refractivity contribution in [3.8, 4) is 45.5 Å². The van der Waals surface area contributed by atoms with E-state index in [4.69, 9.17) is 15.0 Å². The smallest absolute Gasteiger partial charge is 0.164 e. The fourth-order valence-electron chi connectivity index (χ4n) is 10.2. The molecular formula is C57H45N5. The average Bonchev–Trinajstić information content (AvgIpc) is 3.83. The standard InChI is InChI=1S/C57H45N5/c1-56(2)29-30-57(3,4)48-35-52-46(34-47(48)56)45-23-9-12-26-51(45)62(52)42-20-14-18-39(33-42)54-58-53(59-55(60-54)40-28-27-36-15-5-6-16-37(36)31-40)38-17-13-19-41(32-38)61-49-24-10-7-21-43(49)44-22-8-11-25-50(44)61/h5-28,31-35H,29-30H2,1-4H3. The number of benzene rings is 8. The van der Waals surface area contributed by atoms with Crippen molar-refractivity contribution in [2.24, 2.45) is 0 Å². The Morgan fingerprint density at radius 2 is 0.790 bits per heavy atom. The van der Waals surface area contributed by atoms with E-state index < -0.39 is 0 Å². The number of hydrogen-bond donors (Lipinski definition) is 0. The van der Waals surface area contributed by atoms with E-state index >= 15 is 0 Å². The Kier molecular flexibility index (Phi) is 7.98. The lowest BCUT2D eigenvalue weighted by molar-refractivity contribution is 0.332. The summed E-state index contributed by atoms with van der Waals surface area (Å²) in [5.74, 6) is 1.89. The maximum absolute atomic E-state index is 5.31. The summed E-state index contributed by atoms with van der Waals surface area (Å²) >= 11 is 0. The van der Waals surface area contributed by atoms with Crippen LogP contribution in [0.15, 0.2) is 176 Å². The fraction of sp³-hybridized carbons (Fsp3) is 0.140. The minimum atomic E-state index is 0.0848. The number of para-hydroxylation sites is 3. The highest BCUT2D eigenvalue weighted by atomic mass is 15.0. The van der Waals surface area contributed by atoms with Gasteiger partial charge in [0.25, 0.3) is 0 Å². The van der Waals surface area contributed by atoms with Crippen molar-refractivity contribution in [2.45, 2.75) is 51.4 Å². The summed E-state index contributed by atoms with van der Waals surface area (Å²) in [6.07, 6.45) is 2.34. The Bertz CT molecular complexity index is 3550. The van der Waals surface area contributed by atoms with Gasteiger partial charge in [0.05, 0.1) is 22.1 Å². The molecule has 0 saturated heterocycles. The molecule has 62 heavy (non-hydrogen) atoms. The van der Waals surface area contributed by atoms with E-state index in [1.807, 2.05) is 0 Å². The van der Waals surface area contributed by atoms with Gasteiger partial charge in [0.1, 0.15) is 0 Å². The Morgan fingerprint density at radius 3 is 1.34 bits per heavy atom. The summed E-state index contributed by atoms with van der Waals surface area (Å²) in [7, 11) is 0. The lowest BCUT2D eigenvalue weighted by Gasteiger charge is -2.42. The quantitative estimate of drug-likeness (QED) is 0.174. The van der Waals surface area contributed by atoms with E-state index in [0.717, 1.165) is 50.9 Å². The largest absolute Gasteiger partial charge is 0.309 e. The van der Waals surface area contributed by atoms with Crippen LogP contribution in [-0.2, 0) is 10.8 Å². The highest BCUT2D eigenvalue weighted by Gasteiger charge is 2.38. The van der Waals surface area contributed by atoms with Gasteiger partial charge in [-0.25, -0.2) is 15.0 Å². The first kappa shape index (κ1) is 36.5. The van der Waals surface area contributed by atoms with Gasteiger partial charge >= 0.3 is 0 Å². The third-order valence-electron chi connectivity index (χ3n) is 13.6. The first-order valence-electron chi connectivity index (χ1n) is 21.7. The molecule has 0 saturated carbocycles. The molecule has 0 unspecified atom stereocenters. The van der Waals surface area contributed by atoms with Gasteiger partial charge in [0.2, 0.25) is 0 Å². The number of rotatable bonds is 5. The second kappa shape index (κ2) is 13.6. The van der Waals surface area contributed by atoms with E-state index in [1.165, 1.54) is 55.5 Å². The lowest BCUT2D eigenvalue weighted by atomic mass is 9.63. The van der Waals surface area contributed by atoms with Crippen molar-refractivity contribution in [3.63, 3.8) is 0 Å². The van der Waals surface area contributed by atoms with Crippen LogP contribution in [0.2, 0.25) is 0 Å². The summed E-state index contributed by atoms with van der Waals surface area (Å²) < 4.78 is 4.78. The molecule has 3 aromatic heterocycles. The third-order valence-corrected chi connectivity index (χ3v) is 13.6. The van der Waals surface area contributed by atoms with Crippen molar-refractivity contribution in [1.29, 1.82) is 0 Å². The van der Waals surface area contributed by atoms with Gasteiger partial charge < -0.3 is 9.13 Å². The molecule has 0 amide bonds. The normalized spacial score (nSPS) is 14.6. The van der Waals surface area contributed by atoms with Crippen LogP contribution in [0.3, 0.4) is 0 Å². The lowest BCUT2D eigenvalue weighted by Crippen LogP contribution is -2.33. The molecule has 1 aliphatic rings. The highest BCUT2D eigenvalue weighted by molar-refractivity contribution is 6.10. The molecule has 298 valence electrons. The Balaban J connectivity index is 1.05. The minimum absolute atomic E-state index is 0.0848. The molecule has 1 aliphatic carbocycles. The van der Waals surface area contributed by atoms with Gasteiger partial charge in [-0.2, -0.15) is 0 Å². The molecule has 0 bridgehead atoms. The van der Waals surface area contributed by atoms with Crippen molar-refractivity contribution in [1.82, 2.24) is 24.1 Å². The van der Waals surface area contributed by atoms with Crippen LogP contribution in [0.1, 0.15) is 51.7 Å². The fourth-order valence-corrected chi connectivity index (χ4v) is 10.2. The molecule has 0 atom stereocenters. The van der Waals surface area contributed by atoms with Crippen LogP contribution < -0.4 is 0 Å². The number of fused-ring (bicyclic) bond motifs is 8. The Labute approximate surface area is 361 Å². The number of aromatic nitrogens is 5. The van der Waals surface area contributed by atoms with E-state index in [0.29, 0.717) is 17.5 Å². The molecule has 11 aromatic rings. The summed E-state index contributed by atoms with van der Waals surface area (Å²) in [6, 6.07) is 63.3. The van der Waals surface area contributed by atoms with Crippen molar-refractivity contribution >= 4 is 54.4 Å². The molecule has 3 heterocycles. The summed E-state index contributed by atoms with van der Waals surface area (Å²) in [6.45, 7) is 9.63. The van der Waals surface area contributed by atoms with Gasteiger partial charge in [0.15, 0.2) is 17.5 Å². The first-order chi connectivity index (χ1) is 30.2. The first-order valence-corrected chi connectivity index (χ1v) is 21.7. The zero-order valence-corrected chi connectivity index (χ0v) is 35.4. The second-order valence-electron chi connectivity index (χ2n) is 18.4. The molecule has 0 N–H and O–H groups in total. The van der Waals surface area contributed by atoms with Gasteiger partial charge in [-0.05, 0) is 106 Å². The minimum Gasteiger partial charge on any atom is -0.309 e. The summed E-state index contributed by atoms with van der Waals surface area (Å²) in [5.41, 5.74) is 12.8. The van der Waals surface area contributed by atoms with E-state index in [2.05, 4.69) is 213 Å². The van der Waals surface area contributed by atoms with Gasteiger partial charge in [-0.15, -0.1) is 0 Å². The molecule has 8 aromatic carbocycles. The van der Waals surface area contributed by atoms with Crippen LogP contribution in [0.4, 0.5) is 0 Å². The monoisotopic (exact) mass is 799 g/mol.